The maximum atomic E-state index is 12.5. The van der Waals surface area contributed by atoms with E-state index in [2.05, 4.69) is 21.1 Å². The number of rotatable bonds is 12. The Kier molecular flexibility index (Phi) is 10.2. The van der Waals surface area contributed by atoms with Crippen LogP contribution < -0.4 is 10.1 Å². The molecule has 2 atom stereocenters. The number of hydrogen-bond acceptors (Lipinski definition) is 6. The molecule has 0 aliphatic rings. The molecule has 0 fully saturated rings. The Morgan fingerprint density at radius 3 is 2.57 bits per heavy atom. The summed E-state index contributed by atoms with van der Waals surface area (Å²) in [6.45, 7) is 5.44. The van der Waals surface area contributed by atoms with Crippen molar-refractivity contribution in [1.82, 2.24) is 5.32 Å². The Balaban J connectivity index is 2.74. The van der Waals surface area contributed by atoms with Gasteiger partial charge in [-0.25, -0.2) is 0 Å². The van der Waals surface area contributed by atoms with E-state index in [0.717, 1.165) is 0 Å². The SMILES string of the molecule is C=CCOC(=O)CCC(P)(CCOC(C)=O)CNC(=O)c1ccccc1OC. The summed E-state index contributed by atoms with van der Waals surface area (Å²) in [5.41, 5.74) is 0.419. The van der Waals surface area contributed by atoms with Gasteiger partial charge in [0.15, 0.2) is 0 Å². The summed E-state index contributed by atoms with van der Waals surface area (Å²) >= 11 is 0. The average molecular weight is 409 g/mol. The van der Waals surface area contributed by atoms with E-state index in [0.29, 0.717) is 24.2 Å². The summed E-state index contributed by atoms with van der Waals surface area (Å²) in [6, 6.07) is 6.91. The molecule has 1 rings (SSSR count). The molecule has 0 heterocycles. The Hall–Kier alpha value is -2.40. The lowest BCUT2D eigenvalue weighted by molar-refractivity contribution is -0.143. The van der Waals surface area contributed by atoms with E-state index in [1.165, 1.54) is 20.1 Å². The van der Waals surface area contributed by atoms with Crippen molar-refractivity contribution < 1.29 is 28.6 Å². The fourth-order valence-corrected chi connectivity index (χ4v) is 2.82. The van der Waals surface area contributed by atoms with Crippen LogP contribution >= 0.6 is 9.24 Å². The molecule has 0 bridgehead atoms. The van der Waals surface area contributed by atoms with E-state index in [-0.39, 0.29) is 44.0 Å². The molecule has 1 aromatic carbocycles. The van der Waals surface area contributed by atoms with Gasteiger partial charge >= 0.3 is 11.9 Å². The highest BCUT2D eigenvalue weighted by Gasteiger charge is 2.27. The van der Waals surface area contributed by atoms with E-state index in [1.807, 2.05) is 0 Å². The highest BCUT2D eigenvalue weighted by atomic mass is 31.0. The lowest BCUT2D eigenvalue weighted by Crippen LogP contribution is -2.40. The molecule has 0 radical (unpaired) electrons. The van der Waals surface area contributed by atoms with Crippen LogP contribution in [0, 0.1) is 0 Å². The zero-order valence-electron chi connectivity index (χ0n) is 16.4. The van der Waals surface area contributed by atoms with Crippen molar-refractivity contribution in [3.05, 3.63) is 42.5 Å². The molecule has 7 nitrogen and oxygen atoms in total. The first kappa shape index (κ1) is 23.6. The van der Waals surface area contributed by atoms with E-state index in [9.17, 15) is 14.4 Å². The third-order valence-electron chi connectivity index (χ3n) is 4.05. The second-order valence-corrected chi connectivity index (χ2v) is 7.53. The van der Waals surface area contributed by atoms with Gasteiger partial charge < -0.3 is 19.5 Å². The van der Waals surface area contributed by atoms with Gasteiger partial charge in [-0.2, -0.15) is 0 Å². The van der Waals surface area contributed by atoms with Crippen LogP contribution in [-0.4, -0.2) is 49.9 Å². The Morgan fingerprint density at radius 1 is 1.21 bits per heavy atom. The monoisotopic (exact) mass is 409 g/mol. The summed E-state index contributed by atoms with van der Waals surface area (Å²) in [5, 5.41) is 2.33. The molecule has 0 aliphatic heterocycles. The number of carbonyl (C=O) groups excluding carboxylic acids is 3. The fourth-order valence-electron chi connectivity index (χ4n) is 2.46. The molecule has 0 spiro atoms. The molecular weight excluding hydrogens is 381 g/mol. The van der Waals surface area contributed by atoms with Gasteiger partial charge in [0.2, 0.25) is 0 Å². The van der Waals surface area contributed by atoms with Gasteiger partial charge in [-0.15, -0.1) is 9.24 Å². The van der Waals surface area contributed by atoms with Crippen molar-refractivity contribution in [2.45, 2.75) is 31.3 Å². The lowest BCUT2D eigenvalue weighted by Gasteiger charge is -2.29. The van der Waals surface area contributed by atoms with E-state index in [4.69, 9.17) is 14.2 Å². The van der Waals surface area contributed by atoms with Crippen molar-refractivity contribution in [1.29, 1.82) is 0 Å². The first-order valence-corrected chi connectivity index (χ1v) is 9.49. The summed E-state index contributed by atoms with van der Waals surface area (Å²) in [7, 11) is 4.17. The van der Waals surface area contributed by atoms with Crippen LogP contribution in [-0.2, 0) is 19.1 Å². The molecule has 154 valence electrons. The summed E-state index contributed by atoms with van der Waals surface area (Å²) in [6.07, 6.45) is 2.56. The number of benzene rings is 1. The highest BCUT2D eigenvalue weighted by molar-refractivity contribution is 7.19. The molecule has 0 aliphatic carbocycles. The molecule has 0 saturated heterocycles. The number of methoxy groups -OCH3 is 1. The smallest absolute Gasteiger partial charge is 0.306 e. The zero-order chi connectivity index (χ0) is 21.0. The van der Waals surface area contributed by atoms with Gasteiger partial charge in [0.05, 0.1) is 19.3 Å². The fraction of sp³-hybridized carbons (Fsp3) is 0.450. The maximum Gasteiger partial charge on any atom is 0.306 e. The number of para-hydroxylation sites is 1. The molecular formula is C20H28NO6P. The molecule has 28 heavy (non-hydrogen) atoms. The van der Waals surface area contributed by atoms with Crippen molar-refractivity contribution in [2.75, 3.05) is 26.9 Å². The second kappa shape index (κ2) is 12.1. The van der Waals surface area contributed by atoms with Crippen molar-refractivity contribution in [3.8, 4) is 5.75 Å². The third kappa shape index (κ3) is 8.53. The zero-order valence-corrected chi connectivity index (χ0v) is 17.5. The molecule has 1 N–H and O–H groups in total. The lowest BCUT2D eigenvalue weighted by atomic mass is 9.98. The van der Waals surface area contributed by atoms with Gasteiger partial charge in [0.1, 0.15) is 12.4 Å². The van der Waals surface area contributed by atoms with Crippen molar-refractivity contribution >= 4 is 27.1 Å². The average Bonchev–Trinajstić information content (AvgIpc) is 2.68. The standard InChI is InChI=1S/C20H28NO6P/c1-4-12-27-18(23)9-10-20(28,11-13-26-15(2)22)14-21-19(24)16-7-5-6-8-17(16)25-3/h4-8H,1,9-14,28H2,2-3H3,(H,21,24). The quantitative estimate of drug-likeness (QED) is 0.324. The van der Waals surface area contributed by atoms with E-state index in [1.54, 1.807) is 24.3 Å². The van der Waals surface area contributed by atoms with Crippen molar-refractivity contribution in [3.63, 3.8) is 0 Å². The second-order valence-electron chi connectivity index (χ2n) is 6.31. The Bertz CT molecular complexity index is 693. The van der Waals surface area contributed by atoms with Gasteiger partial charge in [-0.3, -0.25) is 14.4 Å². The topological polar surface area (TPSA) is 90.9 Å². The van der Waals surface area contributed by atoms with E-state index >= 15 is 0 Å². The third-order valence-corrected chi connectivity index (χ3v) is 4.83. The molecule has 1 amide bonds. The number of hydrogen-bond donors (Lipinski definition) is 1. The normalized spacial score (nSPS) is 12.4. The largest absolute Gasteiger partial charge is 0.496 e. The van der Waals surface area contributed by atoms with Crippen LogP contribution in [0.5, 0.6) is 5.75 Å². The van der Waals surface area contributed by atoms with Crippen LogP contribution in [0.3, 0.4) is 0 Å². The predicted molar refractivity (Wildman–Crippen MR) is 109 cm³/mol. The highest BCUT2D eigenvalue weighted by Crippen LogP contribution is 2.29. The van der Waals surface area contributed by atoms with Crippen LogP contribution in [0.1, 0.15) is 36.5 Å². The molecule has 8 heteroatoms. The van der Waals surface area contributed by atoms with E-state index < -0.39 is 5.16 Å². The number of nitrogens with one attached hydrogen (secondary N) is 1. The van der Waals surface area contributed by atoms with Gasteiger partial charge in [0.25, 0.3) is 5.91 Å². The van der Waals surface area contributed by atoms with Crippen LogP contribution in [0.4, 0.5) is 0 Å². The van der Waals surface area contributed by atoms with Crippen molar-refractivity contribution in [2.24, 2.45) is 0 Å². The minimum absolute atomic E-state index is 0.153. The van der Waals surface area contributed by atoms with Gasteiger partial charge in [-0.05, 0) is 25.0 Å². The molecule has 1 aromatic rings. The maximum absolute atomic E-state index is 12.5. The number of carbonyl (C=O) groups is 3. The van der Waals surface area contributed by atoms with Gasteiger partial charge in [0, 0.05) is 25.0 Å². The molecule has 0 aromatic heterocycles. The number of ether oxygens (including phenoxy) is 3. The van der Waals surface area contributed by atoms with Crippen LogP contribution in [0.15, 0.2) is 36.9 Å². The predicted octanol–water partition coefficient (Wildman–Crippen LogP) is 2.50. The van der Waals surface area contributed by atoms with Gasteiger partial charge in [-0.1, -0.05) is 24.8 Å². The number of esters is 2. The first-order valence-electron chi connectivity index (χ1n) is 8.91. The summed E-state index contributed by atoms with van der Waals surface area (Å²) in [5.74, 6) is -0.542. The minimum Gasteiger partial charge on any atom is -0.496 e. The molecule has 2 unspecified atom stereocenters. The Labute approximate surface area is 168 Å². The summed E-state index contributed by atoms with van der Waals surface area (Å²) < 4.78 is 15.2. The molecule has 0 saturated carbocycles. The first-order chi connectivity index (χ1) is 13.3. The Morgan fingerprint density at radius 2 is 1.93 bits per heavy atom. The minimum atomic E-state index is -0.541. The van der Waals surface area contributed by atoms with Crippen LogP contribution in [0.2, 0.25) is 0 Å². The number of amides is 1. The summed E-state index contributed by atoms with van der Waals surface area (Å²) in [4.78, 5) is 35.4. The van der Waals surface area contributed by atoms with Crippen LogP contribution in [0.25, 0.3) is 0 Å².